The van der Waals surface area contributed by atoms with E-state index < -0.39 is 0 Å². The van der Waals surface area contributed by atoms with Crippen LogP contribution in [0, 0.1) is 11.3 Å². The number of anilines is 2. The summed E-state index contributed by atoms with van der Waals surface area (Å²) in [4.78, 5) is 8.84. The van der Waals surface area contributed by atoms with E-state index in [4.69, 9.17) is 5.11 Å². The molecule has 0 atom stereocenters. The first-order chi connectivity index (χ1) is 13.3. The zero-order chi connectivity index (χ0) is 18.6. The number of hydrogen-bond acceptors (Lipinski definition) is 7. The Morgan fingerprint density at radius 1 is 1.15 bits per heavy atom. The van der Waals surface area contributed by atoms with Crippen molar-refractivity contribution >= 4 is 22.7 Å². The van der Waals surface area contributed by atoms with Gasteiger partial charge >= 0.3 is 0 Å². The molecule has 3 aromatic heterocycles. The summed E-state index contributed by atoms with van der Waals surface area (Å²) in [6.45, 7) is 0.887. The molecule has 4 rings (SSSR count). The van der Waals surface area contributed by atoms with Crippen LogP contribution < -0.4 is 5.32 Å². The van der Waals surface area contributed by atoms with Crippen LogP contribution in [0.1, 0.15) is 11.1 Å². The maximum Gasteiger partial charge on any atom is 0.229 e. The number of aliphatic hydroxyl groups is 1. The highest BCUT2D eigenvalue weighted by Gasteiger charge is 2.10. The molecule has 0 unspecified atom stereocenters. The minimum absolute atomic E-state index is 0.0208. The van der Waals surface area contributed by atoms with Gasteiger partial charge in [-0.15, -0.1) is 0 Å². The van der Waals surface area contributed by atoms with Crippen LogP contribution >= 0.6 is 0 Å². The van der Waals surface area contributed by atoms with Gasteiger partial charge < -0.3 is 10.4 Å². The Hall–Kier alpha value is -3.77. The van der Waals surface area contributed by atoms with Gasteiger partial charge in [0.2, 0.25) is 5.95 Å². The lowest BCUT2D eigenvalue weighted by Crippen LogP contribution is -2.05. The van der Waals surface area contributed by atoms with Gasteiger partial charge in [0.05, 0.1) is 54.8 Å². The maximum atomic E-state index is 9.27. The quantitative estimate of drug-likeness (QED) is 0.537. The summed E-state index contributed by atoms with van der Waals surface area (Å²) in [5.41, 5.74) is 2.89. The van der Waals surface area contributed by atoms with Crippen molar-refractivity contribution in [2.75, 3.05) is 11.9 Å². The first kappa shape index (κ1) is 16.7. The topological polar surface area (TPSA) is 117 Å². The minimum atomic E-state index is 0.0208. The molecule has 0 aliphatic carbocycles. The summed E-state index contributed by atoms with van der Waals surface area (Å²) in [5.74, 6) is 0.418. The van der Waals surface area contributed by atoms with Crippen LogP contribution in [-0.4, -0.2) is 41.2 Å². The van der Waals surface area contributed by atoms with Gasteiger partial charge in [-0.05, 0) is 11.6 Å². The van der Waals surface area contributed by atoms with E-state index in [2.05, 4.69) is 31.6 Å². The molecule has 9 heteroatoms. The van der Waals surface area contributed by atoms with Crippen molar-refractivity contribution in [3.05, 3.63) is 60.2 Å². The number of aliphatic hydroxyl groups excluding tert-OH is 1. The van der Waals surface area contributed by atoms with Crippen molar-refractivity contribution in [2.24, 2.45) is 0 Å². The van der Waals surface area contributed by atoms with E-state index in [0.29, 0.717) is 30.2 Å². The van der Waals surface area contributed by atoms with Crippen molar-refractivity contribution in [1.82, 2.24) is 29.5 Å². The van der Waals surface area contributed by atoms with Crippen LogP contribution in [0.5, 0.6) is 0 Å². The Morgan fingerprint density at radius 3 is 2.89 bits per heavy atom. The number of aromatic nitrogens is 6. The third kappa shape index (κ3) is 3.47. The van der Waals surface area contributed by atoms with Gasteiger partial charge in [-0.2, -0.15) is 20.4 Å². The number of fused-ring (bicyclic) bond motifs is 1. The molecular formula is C18H16N8O. The molecule has 0 saturated heterocycles. The number of hydrogen-bond donors (Lipinski definition) is 2. The van der Waals surface area contributed by atoms with Crippen LogP contribution in [0.4, 0.5) is 11.6 Å². The molecule has 0 radical (unpaired) electrons. The molecule has 27 heavy (non-hydrogen) atoms. The van der Waals surface area contributed by atoms with E-state index in [0.717, 1.165) is 16.6 Å². The molecule has 2 N–H and O–H groups in total. The van der Waals surface area contributed by atoms with Gasteiger partial charge in [0.15, 0.2) is 5.65 Å². The van der Waals surface area contributed by atoms with Crippen LogP contribution in [0.2, 0.25) is 0 Å². The van der Waals surface area contributed by atoms with Gasteiger partial charge in [-0.3, -0.25) is 4.68 Å². The lowest BCUT2D eigenvalue weighted by molar-refractivity contribution is 0.269. The van der Waals surface area contributed by atoms with Gasteiger partial charge in [-0.25, -0.2) is 9.67 Å². The Balaban J connectivity index is 1.62. The van der Waals surface area contributed by atoms with Crippen molar-refractivity contribution < 1.29 is 5.11 Å². The molecule has 9 nitrogen and oxygen atoms in total. The number of rotatable bonds is 6. The lowest BCUT2D eigenvalue weighted by Gasteiger charge is -2.06. The maximum absolute atomic E-state index is 9.27. The second-order valence-electron chi connectivity index (χ2n) is 5.88. The van der Waals surface area contributed by atoms with Crippen LogP contribution in [0.25, 0.3) is 11.0 Å². The molecule has 4 aromatic rings. The highest BCUT2D eigenvalue weighted by atomic mass is 16.3. The SMILES string of the molecule is N#Cc1ccccc1Cn1ncc2cnc(Nc3cnn(CCO)c3)nc21. The highest BCUT2D eigenvalue weighted by molar-refractivity contribution is 5.75. The zero-order valence-electron chi connectivity index (χ0n) is 14.3. The normalized spacial score (nSPS) is 10.8. The molecule has 3 heterocycles. The lowest BCUT2D eigenvalue weighted by atomic mass is 10.1. The summed E-state index contributed by atoms with van der Waals surface area (Å²) >= 11 is 0. The van der Waals surface area contributed by atoms with E-state index in [1.165, 1.54) is 0 Å². The van der Waals surface area contributed by atoms with Crippen molar-refractivity contribution in [2.45, 2.75) is 13.1 Å². The van der Waals surface area contributed by atoms with Gasteiger partial charge in [0.1, 0.15) is 0 Å². The summed E-state index contributed by atoms with van der Waals surface area (Å²) in [6, 6.07) is 9.62. The van der Waals surface area contributed by atoms with Crippen molar-refractivity contribution in [3.8, 4) is 6.07 Å². The van der Waals surface area contributed by atoms with E-state index in [-0.39, 0.29) is 6.61 Å². The van der Waals surface area contributed by atoms with E-state index in [1.54, 1.807) is 40.2 Å². The molecule has 0 aliphatic heterocycles. The van der Waals surface area contributed by atoms with Gasteiger partial charge in [-0.1, -0.05) is 18.2 Å². The second-order valence-corrected chi connectivity index (χ2v) is 5.88. The summed E-state index contributed by atoms with van der Waals surface area (Å²) in [6.07, 6.45) is 6.81. The number of benzene rings is 1. The smallest absolute Gasteiger partial charge is 0.229 e. The average Bonchev–Trinajstić information content (AvgIpc) is 3.30. The van der Waals surface area contributed by atoms with Crippen LogP contribution in [-0.2, 0) is 13.1 Å². The summed E-state index contributed by atoms with van der Waals surface area (Å²) in [7, 11) is 0. The first-order valence-electron chi connectivity index (χ1n) is 8.34. The predicted molar refractivity (Wildman–Crippen MR) is 98.2 cm³/mol. The molecular weight excluding hydrogens is 344 g/mol. The molecule has 0 amide bonds. The van der Waals surface area contributed by atoms with Crippen molar-refractivity contribution in [3.63, 3.8) is 0 Å². The third-order valence-corrected chi connectivity index (χ3v) is 4.05. The second kappa shape index (κ2) is 7.23. The molecule has 0 spiro atoms. The molecule has 1 aromatic carbocycles. The molecule has 0 saturated carbocycles. The summed E-state index contributed by atoms with van der Waals surface area (Å²) in [5, 5.41) is 30.7. The third-order valence-electron chi connectivity index (χ3n) is 4.05. The van der Waals surface area contributed by atoms with Gasteiger partial charge in [0.25, 0.3) is 0 Å². The number of nitrogens with zero attached hydrogens (tertiary/aromatic N) is 7. The van der Waals surface area contributed by atoms with Gasteiger partial charge in [0, 0.05) is 12.4 Å². The Bertz CT molecular complexity index is 1120. The average molecular weight is 360 g/mol. The zero-order valence-corrected chi connectivity index (χ0v) is 14.3. The Morgan fingerprint density at radius 2 is 2.04 bits per heavy atom. The largest absolute Gasteiger partial charge is 0.394 e. The summed E-state index contributed by atoms with van der Waals surface area (Å²) < 4.78 is 3.37. The van der Waals surface area contributed by atoms with Crippen molar-refractivity contribution in [1.29, 1.82) is 5.26 Å². The fourth-order valence-electron chi connectivity index (χ4n) is 2.75. The Kier molecular flexibility index (Phi) is 4.47. The standard InChI is InChI=1S/C18H16N8O/c19-7-13-3-1-2-4-14(13)11-26-17-15(9-22-26)8-20-18(24-17)23-16-10-21-25(12-16)5-6-27/h1-4,8-10,12,27H,5-6,11H2,(H,20,23,24). The number of nitrogens with one attached hydrogen (secondary N) is 1. The van der Waals surface area contributed by atoms with Crippen LogP contribution in [0.15, 0.2) is 49.1 Å². The monoisotopic (exact) mass is 360 g/mol. The molecule has 0 bridgehead atoms. The molecule has 134 valence electrons. The van der Waals surface area contributed by atoms with E-state index >= 15 is 0 Å². The molecule has 0 fully saturated rings. The molecule has 0 aliphatic rings. The fraction of sp³-hybridized carbons (Fsp3) is 0.167. The van der Waals surface area contributed by atoms with E-state index in [9.17, 15) is 5.26 Å². The number of nitriles is 1. The fourth-order valence-corrected chi connectivity index (χ4v) is 2.75. The predicted octanol–water partition coefficient (Wildman–Crippen LogP) is 1.68. The highest BCUT2D eigenvalue weighted by Crippen LogP contribution is 2.18. The minimum Gasteiger partial charge on any atom is -0.394 e. The first-order valence-corrected chi connectivity index (χ1v) is 8.34. The Labute approximate surface area is 154 Å². The van der Waals surface area contributed by atoms with E-state index in [1.807, 2.05) is 18.2 Å². The van der Waals surface area contributed by atoms with Crippen LogP contribution in [0.3, 0.4) is 0 Å².